The molecule has 0 spiro atoms. The van der Waals surface area contributed by atoms with Crippen molar-refractivity contribution < 1.29 is 9.18 Å². The van der Waals surface area contributed by atoms with Crippen LogP contribution in [0, 0.1) is 5.82 Å². The summed E-state index contributed by atoms with van der Waals surface area (Å²) in [6.45, 7) is 3.08. The topological polar surface area (TPSA) is 39.3 Å². The first-order chi connectivity index (χ1) is 12.0. The van der Waals surface area contributed by atoms with Crippen molar-refractivity contribution in [2.75, 3.05) is 25.5 Å². The highest BCUT2D eigenvalue weighted by Gasteiger charge is 2.17. The lowest BCUT2D eigenvalue weighted by atomic mass is 10.1. The molecule has 3 rings (SSSR count). The number of benzene rings is 2. The second kappa shape index (κ2) is 6.97. The van der Waals surface area contributed by atoms with Gasteiger partial charge in [0.05, 0.1) is 0 Å². The summed E-state index contributed by atoms with van der Waals surface area (Å²) in [5.74, 6) is -0.394. The number of fused-ring (bicyclic) bond motifs is 1. The minimum absolute atomic E-state index is 0.0872. The third kappa shape index (κ3) is 3.65. The molecule has 1 heterocycles. The van der Waals surface area contributed by atoms with E-state index in [-0.39, 0.29) is 11.7 Å². The van der Waals surface area contributed by atoms with Gasteiger partial charge in [0.2, 0.25) is 0 Å². The molecule has 0 saturated heterocycles. The van der Waals surface area contributed by atoms with E-state index in [1.54, 1.807) is 17.0 Å². The number of amides is 1. The first kappa shape index (κ1) is 17.0. The quantitative estimate of drug-likeness (QED) is 0.762. The number of halogens is 1. The van der Waals surface area contributed by atoms with Gasteiger partial charge in [0, 0.05) is 43.8 Å². The maximum Gasteiger partial charge on any atom is 0.270 e. The van der Waals surface area contributed by atoms with Gasteiger partial charge in [0.1, 0.15) is 11.5 Å². The van der Waals surface area contributed by atoms with Crippen LogP contribution < -0.4 is 4.90 Å². The Bertz CT molecular complexity index is 884. The summed E-state index contributed by atoms with van der Waals surface area (Å²) in [7, 11) is 3.99. The van der Waals surface area contributed by atoms with Crippen molar-refractivity contribution >= 4 is 22.5 Å². The maximum absolute atomic E-state index is 13.3. The van der Waals surface area contributed by atoms with Crippen LogP contribution in [0.3, 0.4) is 0 Å². The normalized spacial score (nSPS) is 10.9. The zero-order chi connectivity index (χ0) is 18.0. The molecule has 0 unspecified atom stereocenters. The molecule has 1 N–H and O–H groups in total. The van der Waals surface area contributed by atoms with Crippen LogP contribution in [0.5, 0.6) is 0 Å². The highest BCUT2D eigenvalue weighted by molar-refractivity contribution is 5.98. The van der Waals surface area contributed by atoms with Crippen LogP contribution >= 0.6 is 0 Å². The molecular formula is C20H22FN3O. The van der Waals surface area contributed by atoms with Crippen molar-refractivity contribution in [2.24, 2.45) is 0 Å². The van der Waals surface area contributed by atoms with Crippen molar-refractivity contribution in [3.8, 4) is 0 Å². The standard InChI is InChI=1S/C20H22FN3O/c1-4-24(13-14-5-8-17(9-6-14)23(2)3)20(25)19-12-15-11-16(21)7-10-18(15)22-19/h5-12,22H,4,13H2,1-3H3. The maximum atomic E-state index is 13.3. The summed E-state index contributed by atoms with van der Waals surface area (Å²) in [4.78, 5) is 19.7. The lowest BCUT2D eigenvalue weighted by molar-refractivity contribution is 0.0747. The minimum atomic E-state index is -0.307. The number of hydrogen-bond donors (Lipinski definition) is 1. The number of carbonyl (C=O) groups is 1. The van der Waals surface area contributed by atoms with E-state index in [9.17, 15) is 9.18 Å². The van der Waals surface area contributed by atoms with Crippen LogP contribution in [0.1, 0.15) is 23.0 Å². The summed E-state index contributed by atoms with van der Waals surface area (Å²) in [6, 6.07) is 14.3. The molecule has 3 aromatic rings. The summed E-state index contributed by atoms with van der Waals surface area (Å²) < 4.78 is 13.3. The Hall–Kier alpha value is -2.82. The molecule has 0 bridgehead atoms. The molecule has 0 atom stereocenters. The van der Waals surface area contributed by atoms with Crippen LogP contribution in [-0.2, 0) is 6.54 Å². The molecule has 0 radical (unpaired) electrons. The first-order valence-corrected chi connectivity index (χ1v) is 8.31. The van der Waals surface area contributed by atoms with Gasteiger partial charge in [-0.25, -0.2) is 4.39 Å². The smallest absolute Gasteiger partial charge is 0.270 e. The largest absolute Gasteiger partial charge is 0.378 e. The van der Waals surface area contributed by atoms with Crippen LogP contribution in [0.15, 0.2) is 48.5 Å². The average molecular weight is 339 g/mol. The first-order valence-electron chi connectivity index (χ1n) is 8.31. The average Bonchev–Trinajstić information content (AvgIpc) is 3.02. The fraction of sp³-hybridized carbons (Fsp3) is 0.250. The van der Waals surface area contributed by atoms with E-state index in [4.69, 9.17) is 0 Å². The van der Waals surface area contributed by atoms with E-state index in [2.05, 4.69) is 4.98 Å². The summed E-state index contributed by atoms with van der Waals surface area (Å²) in [6.07, 6.45) is 0. The molecular weight excluding hydrogens is 317 g/mol. The molecule has 0 aliphatic rings. The van der Waals surface area contributed by atoms with Gasteiger partial charge in [0.15, 0.2) is 0 Å². The third-order valence-electron chi connectivity index (χ3n) is 4.31. The van der Waals surface area contributed by atoms with E-state index in [1.165, 1.54) is 12.1 Å². The predicted octanol–water partition coefficient (Wildman–Crippen LogP) is 4.04. The van der Waals surface area contributed by atoms with E-state index >= 15 is 0 Å². The molecule has 2 aromatic carbocycles. The zero-order valence-corrected chi connectivity index (χ0v) is 14.7. The molecule has 25 heavy (non-hydrogen) atoms. The Morgan fingerprint density at radius 2 is 1.80 bits per heavy atom. The summed E-state index contributed by atoms with van der Waals surface area (Å²) >= 11 is 0. The zero-order valence-electron chi connectivity index (χ0n) is 14.7. The number of aromatic nitrogens is 1. The van der Waals surface area contributed by atoms with Crippen molar-refractivity contribution in [2.45, 2.75) is 13.5 Å². The minimum Gasteiger partial charge on any atom is -0.378 e. The molecule has 0 fully saturated rings. The number of nitrogens with zero attached hydrogens (tertiary/aromatic N) is 2. The van der Waals surface area contributed by atoms with Gasteiger partial charge in [-0.3, -0.25) is 4.79 Å². The molecule has 0 aliphatic heterocycles. The fourth-order valence-electron chi connectivity index (χ4n) is 2.84. The van der Waals surface area contributed by atoms with Crippen LogP contribution in [0.2, 0.25) is 0 Å². The molecule has 1 amide bonds. The SMILES string of the molecule is CCN(Cc1ccc(N(C)C)cc1)C(=O)c1cc2cc(F)ccc2[nH]1. The Morgan fingerprint density at radius 1 is 1.08 bits per heavy atom. The van der Waals surface area contributed by atoms with Crippen molar-refractivity contribution in [3.05, 3.63) is 65.6 Å². The number of carbonyl (C=O) groups excluding carboxylic acids is 1. The summed E-state index contributed by atoms with van der Waals surface area (Å²) in [5, 5.41) is 0.703. The van der Waals surface area contributed by atoms with Crippen LogP contribution in [0.4, 0.5) is 10.1 Å². The number of hydrogen-bond acceptors (Lipinski definition) is 2. The fourth-order valence-corrected chi connectivity index (χ4v) is 2.84. The molecule has 4 nitrogen and oxygen atoms in total. The highest BCUT2D eigenvalue weighted by Crippen LogP contribution is 2.19. The third-order valence-corrected chi connectivity index (χ3v) is 4.31. The molecule has 0 aliphatic carbocycles. The Morgan fingerprint density at radius 3 is 2.44 bits per heavy atom. The van der Waals surface area contributed by atoms with Gasteiger partial charge < -0.3 is 14.8 Å². The lowest BCUT2D eigenvalue weighted by Crippen LogP contribution is -2.30. The van der Waals surface area contributed by atoms with Gasteiger partial charge >= 0.3 is 0 Å². The van der Waals surface area contributed by atoms with Gasteiger partial charge in [-0.05, 0) is 48.9 Å². The number of nitrogens with one attached hydrogen (secondary N) is 1. The predicted molar refractivity (Wildman–Crippen MR) is 99.4 cm³/mol. The Kier molecular flexibility index (Phi) is 4.74. The van der Waals surface area contributed by atoms with Gasteiger partial charge in [-0.2, -0.15) is 0 Å². The van der Waals surface area contributed by atoms with E-state index in [1.807, 2.05) is 50.2 Å². The van der Waals surface area contributed by atoms with Crippen molar-refractivity contribution in [1.29, 1.82) is 0 Å². The molecule has 1 aromatic heterocycles. The number of aromatic amines is 1. The highest BCUT2D eigenvalue weighted by atomic mass is 19.1. The number of anilines is 1. The van der Waals surface area contributed by atoms with E-state index < -0.39 is 0 Å². The van der Waals surface area contributed by atoms with Crippen molar-refractivity contribution in [3.63, 3.8) is 0 Å². The molecule has 0 saturated carbocycles. The number of rotatable bonds is 5. The molecule has 5 heteroatoms. The van der Waals surface area contributed by atoms with Gasteiger partial charge in [-0.15, -0.1) is 0 Å². The van der Waals surface area contributed by atoms with Gasteiger partial charge in [0.25, 0.3) is 5.91 Å². The number of H-pyrrole nitrogens is 1. The lowest BCUT2D eigenvalue weighted by Gasteiger charge is -2.21. The second-order valence-corrected chi connectivity index (χ2v) is 6.29. The Balaban J connectivity index is 1.80. The van der Waals surface area contributed by atoms with Gasteiger partial charge in [-0.1, -0.05) is 12.1 Å². The van der Waals surface area contributed by atoms with E-state index in [0.717, 1.165) is 16.8 Å². The van der Waals surface area contributed by atoms with Crippen molar-refractivity contribution in [1.82, 2.24) is 9.88 Å². The Labute approximate surface area is 146 Å². The van der Waals surface area contributed by atoms with E-state index in [0.29, 0.717) is 24.2 Å². The molecule has 130 valence electrons. The summed E-state index contributed by atoms with van der Waals surface area (Å²) in [5.41, 5.74) is 3.43. The second-order valence-electron chi connectivity index (χ2n) is 6.29. The monoisotopic (exact) mass is 339 g/mol. The van der Waals surface area contributed by atoms with Crippen LogP contribution in [0.25, 0.3) is 10.9 Å². The van der Waals surface area contributed by atoms with Crippen LogP contribution in [-0.4, -0.2) is 36.4 Å².